The molecular formula is C16H20ClFO. The summed E-state index contributed by atoms with van der Waals surface area (Å²) in [7, 11) is 0. The third-order valence-electron chi connectivity index (χ3n) is 3.96. The van der Waals surface area contributed by atoms with Crippen LogP contribution in [0.25, 0.3) is 0 Å². The van der Waals surface area contributed by atoms with Gasteiger partial charge in [0.15, 0.2) is 0 Å². The molecule has 0 radical (unpaired) electrons. The number of Topliss-reactive ketones (excluding diaryl/α,β-unsaturated/α-hetero) is 1. The molecule has 0 atom stereocenters. The fraction of sp³-hybridized carbons (Fsp3) is 0.562. The summed E-state index contributed by atoms with van der Waals surface area (Å²) in [5, 5.41) is 0.371. The number of hydrogen-bond donors (Lipinski definition) is 0. The number of carbonyl (C=O) groups is 1. The van der Waals surface area contributed by atoms with E-state index in [2.05, 4.69) is 0 Å². The average Bonchev–Trinajstić information content (AvgIpc) is 2.41. The standard InChI is InChI=1S/C16H20ClFO/c17-14-8-7-13(16(18)11-14)10-15(19)9-6-12-4-2-1-3-5-12/h7-8,11-12H,1-6,9-10H2. The molecule has 104 valence electrons. The zero-order valence-electron chi connectivity index (χ0n) is 11.1. The molecule has 1 aromatic rings. The van der Waals surface area contributed by atoms with E-state index in [1.54, 1.807) is 12.1 Å². The lowest BCUT2D eigenvalue weighted by Crippen LogP contribution is -2.10. The van der Waals surface area contributed by atoms with E-state index in [9.17, 15) is 9.18 Å². The molecule has 0 unspecified atom stereocenters. The molecule has 0 aliphatic heterocycles. The van der Waals surface area contributed by atoms with Crippen LogP contribution in [0.1, 0.15) is 50.5 Å². The zero-order chi connectivity index (χ0) is 13.7. The Morgan fingerprint density at radius 3 is 2.68 bits per heavy atom. The van der Waals surface area contributed by atoms with E-state index in [1.165, 1.54) is 38.2 Å². The third-order valence-corrected chi connectivity index (χ3v) is 4.19. The van der Waals surface area contributed by atoms with Crippen molar-refractivity contribution in [3.05, 3.63) is 34.6 Å². The molecule has 0 saturated heterocycles. The van der Waals surface area contributed by atoms with Crippen LogP contribution in [0.3, 0.4) is 0 Å². The van der Waals surface area contributed by atoms with E-state index in [4.69, 9.17) is 11.6 Å². The summed E-state index contributed by atoms with van der Waals surface area (Å²) in [6.45, 7) is 0. The Hall–Kier alpha value is -0.890. The molecule has 1 saturated carbocycles. The fourth-order valence-corrected chi connectivity index (χ4v) is 2.97. The SMILES string of the molecule is O=C(CCC1CCCCC1)Cc1ccc(Cl)cc1F. The van der Waals surface area contributed by atoms with E-state index in [1.807, 2.05) is 0 Å². The Kier molecular flexibility index (Phi) is 5.38. The largest absolute Gasteiger partial charge is 0.299 e. The highest BCUT2D eigenvalue weighted by Crippen LogP contribution is 2.27. The van der Waals surface area contributed by atoms with Crippen LogP contribution in [0.15, 0.2) is 18.2 Å². The summed E-state index contributed by atoms with van der Waals surface area (Å²) < 4.78 is 13.6. The highest BCUT2D eigenvalue weighted by Gasteiger charge is 2.15. The zero-order valence-corrected chi connectivity index (χ0v) is 11.9. The van der Waals surface area contributed by atoms with Crippen LogP contribution < -0.4 is 0 Å². The molecule has 0 bridgehead atoms. The van der Waals surface area contributed by atoms with E-state index in [0.717, 1.165) is 6.42 Å². The second kappa shape index (κ2) is 7.04. The number of hydrogen-bond acceptors (Lipinski definition) is 1. The maximum absolute atomic E-state index is 13.6. The summed E-state index contributed by atoms with van der Waals surface area (Å²) in [5.41, 5.74) is 0.457. The van der Waals surface area contributed by atoms with Crippen molar-refractivity contribution in [2.24, 2.45) is 5.92 Å². The van der Waals surface area contributed by atoms with E-state index in [0.29, 0.717) is 22.9 Å². The molecule has 1 aromatic carbocycles. The molecule has 1 fully saturated rings. The van der Waals surface area contributed by atoms with Gasteiger partial charge in [0.1, 0.15) is 11.6 Å². The van der Waals surface area contributed by atoms with Crippen molar-refractivity contribution in [3.8, 4) is 0 Å². The van der Waals surface area contributed by atoms with Crippen LogP contribution in [0, 0.1) is 11.7 Å². The minimum Gasteiger partial charge on any atom is -0.299 e. The summed E-state index contributed by atoms with van der Waals surface area (Å²) in [6.07, 6.45) is 8.16. The van der Waals surface area contributed by atoms with Gasteiger partial charge >= 0.3 is 0 Å². The molecule has 2 rings (SSSR count). The van der Waals surface area contributed by atoms with Crippen molar-refractivity contribution < 1.29 is 9.18 Å². The Balaban J connectivity index is 1.80. The lowest BCUT2D eigenvalue weighted by atomic mass is 9.85. The third kappa shape index (κ3) is 4.61. The summed E-state index contributed by atoms with van der Waals surface area (Å²) >= 11 is 5.69. The van der Waals surface area contributed by atoms with Crippen LogP contribution in [0.4, 0.5) is 4.39 Å². The molecule has 0 spiro atoms. The molecule has 1 aliphatic rings. The van der Waals surface area contributed by atoms with Crippen molar-refractivity contribution in [2.75, 3.05) is 0 Å². The molecule has 1 nitrogen and oxygen atoms in total. The molecular weight excluding hydrogens is 263 g/mol. The second-order valence-electron chi connectivity index (χ2n) is 5.49. The predicted molar refractivity (Wildman–Crippen MR) is 75.9 cm³/mol. The smallest absolute Gasteiger partial charge is 0.137 e. The van der Waals surface area contributed by atoms with Crippen LogP contribution >= 0.6 is 11.6 Å². The van der Waals surface area contributed by atoms with Gasteiger partial charge in [-0.25, -0.2) is 4.39 Å². The highest BCUT2D eigenvalue weighted by atomic mass is 35.5. The van der Waals surface area contributed by atoms with Crippen molar-refractivity contribution in [2.45, 2.75) is 51.4 Å². The fourth-order valence-electron chi connectivity index (χ4n) is 2.81. The summed E-state index contributed by atoms with van der Waals surface area (Å²) in [6, 6.07) is 4.51. The Labute approximate surface area is 119 Å². The Bertz CT molecular complexity index is 438. The number of ketones is 1. The Morgan fingerprint density at radius 2 is 2.00 bits per heavy atom. The first-order valence-electron chi connectivity index (χ1n) is 7.11. The monoisotopic (exact) mass is 282 g/mol. The van der Waals surface area contributed by atoms with Crippen molar-refractivity contribution >= 4 is 17.4 Å². The molecule has 0 N–H and O–H groups in total. The second-order valence-corrected chi connectivity index (χ2v) is 5.93. The first-order chi connectivity index (χ1) is 9.15. The van der Waals surface area contributed by atoms with E-state index >= 15 is 0 Å². The number of halogens is 2. The summed E-state index contributed by atoms with van der Waals surface area (Å²) in [4.78, 5) is 11.9. The van der Waals surface area contributed by atoms with Gasteiger partial charge in [0.05, 0.1) is 0 Å². The van der Waals surface area contributed by atoms with Crippen molar-refractivity contribution in [1.29, 1.82) is 0 Å². The maximum atomic E-state index is 13.6. The molecule has 3 heteroatoms. The maximum Gasteiger partial charge on any atom is 0.137 e. The van der Waals surface area contributed by atoms with Crippen LogP contribution in [0.5, 0.6) is 0 Å². The number of carbonyl (C=O) groups excluding carboxylic acids is 1. The molecule has 19 heavy (non-hydrogen) atoms. The topological polar surface area (TPSA) is 17.1 Å². The van der Waals surface area contributed by atoms with Gasteiger partial charge in [-0.15, -0.1) is 0 Å². The normalized spacial score (nSPS) is 16.5. The highest BCUT2D eigenvalue weighted by molar-refractivity contribution is 6.30. The van der Waals surface area contributed by atoms with Gasteiger partial charge in [-0.3, -0.25) is 4.79 Å². The van der Waals surface area contributed by atoms with Crippen LogP contribution in [-0.4, -0.2) is 5.78 Å². The van der Waals surface area contributed by atoms with E-state index in [-0.39, 0.29) is 18.0 Å². The minimum absolute atomic E-state index is 0.131. The van der Waals surface area contributed by atoms with Crippen molar-refractivity contribution in [1.82, 2.24) is 0 Å². The van der Waals surface area contributed by atoms with Gasteiger partial charge in [0.2, 0.25) is 0 Å². The lowest BCUT2D eigenvalue weighted by Gasteiger charge is -2.20. The van der Waals surface area contributed by atoms with Gasteiger partial charge in [0.25, 0.3) is 0 Å². The molecule has 0 aromatic heterocycles. The first-order valence-corrected chi connectivity index (χ1v) is 7.48. The van der Waals surface area contributed by atoms with Gasteiger partial charge in [-0.2, -0.15) is 0 Å². The number of rotatable bonds is 5. The van der Waals surface area contributed by atoms with Crippen LogP contribution in [-0.2, 0) is 11.2 Å². The Morgan fingerprint density at radius 1 is 1.26 bits per heavy atom. The quantitative estimate of drug-likeness (QED) is 0.747. The predicted octanol–water partition coefficient (Wildman–Crippen LogP) is 4.95. The molecule has 1 aliphatic carbocycles. The van der Waals surface area contributed by atoms with Gasteiger partial charge in [-0.1, -0.05) is 49.8 Å². The van der Waals surface area contributed by atoms with Gasteiger partial charge in [-0.05, 0) is 30.0 Å². The average molecular weight is 283 g/mol. The lowest BCUT2D eigenvalue weighted by molar-refractivity contribution is -0.118. The summed E-state index contributed by atoms with van der Waals surface area (Å²) in [5.74, 6) is 0.457. The first kappa shape index (κ1) is 14.5. The minimum atomic E-state index is -0.376. The van der Waals surface area contributed by atoms with E-state index < -0.39 is 0 Å². The van der Waals surface area contributed by atoms with Gasteiger partial charge in [0, 0.05) is 17.9 Å². The molecule has 0 amide bonds. The van der Waals surface area contributed by atoms with Crippen molar-refractivity contribution in [3.63, 3.8) is 0 Å². The van der Waals surface area contributed by atoms with Crippen LogP contribution in [0.2, 0.25) is 5.02 Å². The number of benzene rings is 1. The molecule has 0 heterocycles. The van der Waals surface area contributed by atoms with Gasteiger partial charge < -0.3 is 0 Å².